The number of nitrogens with one attached hydrogen (secondary N) is 3. The fraction of sp³-hybridized carbons (Fsp3) is 0.280. The molecule has 26 heteroatoms. The number of aromatic nitrogens is 9. The molecule has 0 spiro atoms. The van der Waals surface area contributed by atoms with Crippen molar-refractivity contribution in [2.75, 3.05) is 72.6 Å². The average Bonchev–Trinajstić information content (AvgIpc) is 1.63. The molecule has 0 aliphatic heterocycles. The summed E-state index contributed by atoms with van der Waals surface area (Å²) in [6.45, 7) is 6.08. The van der Waals surface area contributed by atoms with Gasteiger partial charge in [0.15, 0.2) is 34.4 Å². The number of anilines is 6. The average molecular weight is 1410 g/mol. The zero-order valence-corrected chi connectivity index (χ0v) is 59.5. The van der Waals surface area contributed by atoms with E-state index in [1.54, 1.807) is 127 Å². The van der Waals surface area contributed by atoms with Crippen molar-refractivity contribution in [1.82, 2.24) is 54.1 Å². The van der Waals surface area contributed by atoms with Gasteiger partial charge >= 0.3 is 0 Å². The van der Waals surface area contributed by atoms with Gasteiger partial charge < -0.3 is 27.0 Å². The number of benzene rings is 6. The molecule has 3 aliphatic carbocycles. The minimum absolute atomic E-state index is 0.224. The zero-order valence-electron chi connectivity index (χ0n) is 57.1. The van der Waals surface area contributed by atoms with E-state index in [-0.39, 0.29) is 14.7 Å². The highest BCUT2D eigenvalue weighted by atomic mass is 32.2. The molecule has 0 amide bonds. The molecule has 3 aliphatic rings. The van der Waals surface area contributed by atoms with Gasteiger partial charge in [0.1, 0.15) is 0 Å². The molecule has 23 nitrogen and oxygen atoms in total. The van der Waals surface area contributed by atoms with E-state index in [1.807, 2.05) is 64.5 Å². The number of fused-ring (bicyclic) bond motifs is 3. The largest absolute Gasteiger partial charge is 0.382 e. The van der Waals surface area contributed by atoms with Gasteiger partial charge in [-0.3, -0.25) is 14.2 Å². The number of hydrogen-bond donors (Lipinski definition) is 6. The second-order valence-electron chi connectivity index (χ2n) is 26.5. The van der Waals surface area contributed by atoms with E-state index in [2.05, 4.69) is 78.5 Å². The zero-order chi connectivity index (χ0) is 70.7. The minimum atomic E-state index is -3.65. The Bertz CT molecular complexity index is 5300. The van der Waals surface area contributed by atoms with E-state index in [0.717, 1.165) is 161 Å². The molecule has 0 unspecified atom stereocenters. The van der Waals surface area contributed by atoms with Crippen LogP contribution in [0.15, 0.2) is 197 Å². The highest BCUT2D eigenvalue weighted by Crippen LogP contribution is 2.46. The van der Waals surface area contributed by atoms with Gasteiger partial charge in [0, 0.05) is 71.5 Å². The molecular weight excluding hydrogens is 1330 g/mol. The van der Waals surface area contributed by atoms with Crippen LogP contribution in [0, 0.1) is 0 Å². The van der Waals surface area contributed by atoms with Crippen LogP contribution in [-0.4, -0.2) is 121 Å². The normalized spacial score (nSPS) is 14.0. The van der Waals surface area contributed by atoms with E-state index < -0.39 is 30.1 Å². The lowest BCUT2D eigenvalue weighted by Gasteiger charge is -2.12. The molecule has 3 fully saturated rings. The minimum Gasteiger partial charge on any atom is -0.382 e. The Morgan fingerprint density at radius 2 is 0.683 bits per heavy atom. The van der Waals surface area contributed by atoms with E-state index >= 15 is 0 Å². The fourth-order valence-corrected chi connectivity index (χ4v) is 15.4. The van der Waals surface area contributed by atoms with Crippen LogP contribution in [0.3, 0.4) is 0 Å². The Hall–Kier alpha value is -10.3. The van der Waals surface area contributed by atoms with E-state index in [4.69, 9.17) is 32.2 Å². The van der Waals surface area contributed by atoms with Crippen LogP contribution in [0.4, 0.5) is 34.5 Å². The highest BCUT2D eigenvalue weighted by molar-refractivity contribution is 7.93. The first-order valence-electron chi connectivity index (χ1n) is 33.9. The van der Waals surface area contributed by atoms with Crippen LogP contribution in [0.25, 0.3) is 66.5 Å². The highest BCUT2D eigenvalue weighted by Gasteiger charge is 2.31. The summed E-state index contributed by atoms with van der Waals surface area (Å²) in [5.74, 6) is 2.81. The lowest BCUT2D eigenvalue weighted by Crippen LogP contribution is -2.19. The second kappa shape index (κ2) is 29.1. The van der Waals surface area contributed by atoms with E-state index in [0.29, 0.717) is 58.8 Å². The van der Waals surface area contributed by atoms with Gasteiger partial charge in [-0.25, -0.2) is 54.3 Å². The monoisotopic (exact) mass is 1410 g/mol. The van der Waals surface area contributed by atoms with Gasteiger partial charge in [-0.15, -0.1) is 0 Å². The van der Waals surface area contributed by atoms with Gasteiger partial charge in [0.05, 0.1) is 37.4 Å². The summed E-state index contributed by atoms with van der Waals surface area (Å²) < 4.78 is 89.6. The van der Waals surface area contributed by atoms with E-state index in [9.17, 15) is 25.3 Å². The molecule has 0 atom stereocenters. The van der Waals surface area contributed by atoms with Crippen molar-refractivity contribution in [3.63, 3.8) is 0 Å². The number of nitrogen functional groups attached to an aromatic ring is 3. The van der Waals surface area contributed by atoms with Crippen LogP contribution in [0.2, 0.25) is 0 Å². The van der Waals surface area contributed by atoms with Crippen LogP contribution in [-0.2, 0) is 49.7 Å². The van der Waals surface area contributed by atoms with Crippen LogP contribution >= 0.6 is 0 Å². The third-order valence-corrected chi connectivity index (χ3v) is 22.1. The van der Waals surface area contributed by atoms with Gasteiger partial charge in [-0.2, -0.15) is 15.3 Å². The van der Waals surface area contributed by atoms with Gasteiger partial charge in [-0.05, 0) is 210 Å². The number of nitrogens with zero attached hydrogens (tertiary/aromatic N) is 11. The molecule has 12 aromatic rings. The third-order valence-electron chi connectivity index (χ3n) is 17.9. The summed E-state index contributed by atoms with van der Waals surface area (Å²) in [7, 11) is -2.78. The third kappa shape index (κ3) is 16.0. The first-order chi connectivity index (χ1) is 48.6. The van der Waals surface area contributed by atoms with E-state index in [1.165, 1.54) is 0 Å². The summed E-state index contributed by atoms with van der Waals surface area (Å²) in [5.41, 5.74) is 31.9. The first-order valence-corrected chi connectivity index (χ1v) is 38.4. The standard InChI is InChI=1S/C26H30N6O2S.C25H28N6O2S.C24H25N5O2S/c1-31(2)15-6-16-32-26-24(25(27)29-32)22(17-23(28-26)19-9-10-19)18-11-13-20(14-12-18)30-35(33,34)21-7-4-3-5-8-21;1-30(2)14-15-31-25-23(24(26)28-31)21(16-22(27-25)18-8-9-18)17-10-12-19(13-11-17)29-34(32,33)20-6-4-3-5-7-20;1-2-14-29-24-22(23(25)27-29)20(15-21(26-24)17-8-9-17)16-10-12-18(13-11-16)28-32(30,31)19-6-4-3-5-7-19/h3-5,7-8,11-14,17,19,30H,6,9-10,15-16H2,1-2H3,(H2,27,29);3-7,10-13,16,18,29H,8-9,14-15H2,1-2H3,(H2,26,28);3-7,10-13,15,17,28H,2,8-9,14H2,1H3,(H2,25,27). The molecule has 0 radical (unpaired) electrons. The predicted molar refractivity (Wildman–Crippen MR) is 402 cm³/mol. The smallest absolute Gasteiger partial charge is 0.261 e. The quantitative estimate of drug-likeness (QED) is 0.0327. The maximum atomic E-state index is 12.7. The van der Waals surface area contributed by atoms with Crippen molar-refractivity contribution in [3.05, 3.63) is 199 Å². The Labute approximate surface area is 589 Å². The molecular formula is C75H83N17O6S3. The Kier molecular flexibility index (Phi) is 20.0. The lowest BCUT2D eigenvalue weighted by molar-refractivity contribution is 0.376. The second-order valence-corrected chi connectivity index (χ2v) is 31.5. The van der Waals surface area contributed by atoms with Crippen molar-refractivity contribution in [2.24, 2.45) is 0 Å². The van der Waals surface area contributed by atoms with Gasteiger partial charge in [0.2, 0.25) is 0 Å². The molecule has 0 saturated heterocycles. The number of rotatable bonds is 24. The number of aryl methyl sites for hydroxylation is 2. The van der Waals surface area contributed by atoms with Crippen LogP contribution in [0.1, 0.15) is 93.1 Å². The van der Waals surface area contributed by atoms with Gasteiger partial charge in [0.25, 0.3) is 30.1 Å². The maximum Gasteiger partial charge on any atom is 0.261 e. The van der Waals surface area contributed by atoms with Crippen LogP contribution < -0.4 is 31.4 Å². The molecule has 9 N–H and O–H groups in total. The SMILES string of the molecule is CCCn1nc(N)c2c(-c3ccc(NS(=O)(=O)c4ccccc4)cc3)cc(C3CC3)nc21.CN(C)CCCn1nc(N)c2c(-c3ccc(NS(=O)(=O)c4ccccc4)cc3)cc(C3CC3)nc21.CN(C)CCn1nc(N)c2c(-c3ccc(NS(=O)(=O)c4ccccc4)cc3)cc(C3CC3)nc21. The summed E-state index contributed by atoms with van der Waals surface area (Å²) in [6.07, 6.45) is 8.75. The number of sulfonamides is 3. The van der Waals surface area contributed by atoms with Crippen molar-refractivity contribution in [2.45, 2.75) is 110 Å². The summed E-state index contributed by atoms with van der Waals surface area (Å²) in [5, 5.41) is 16.2. The molecule has 15 rings (SSSR count). The molecule has 3 saturated carbocycles. The predicted octanol–water partition coefficient (Wildman–Crippen LogP) is 13.0. The molecule has 6 heterocycles. The number of likely N-dealkylation sites (N-methyl/N-ethyl adjacent to an activating group) is 1. The summed E-state index contributed by atoms with van der Waals surface area (Å²) >= 11 is 0. The first kappa shape index (κ1) is 69.2. The fourth-order valence-electron chi connectivity index (χ4n) is 12.2. The molecule has 6 aromatic heterocycles. The number of pyridine rings is 3. The summed E-state index contributed by atoms with van der Waals surface area (Å²) in [4.78, 5) is 19.7. The molecule has 6 aromatic carbocycles. The Morgan fingerprint density at radius 3 is 0.960 bits per heavy atom. The van der Waals surface area contributed by atoms with Crippen LogP contribution in [0.5, 0.6) is 0 Å². The molecule has 101 heavy (non-hydrogen) atoms. The lowest BCUT2D eigenvalue weighted by atomic mass is 10.0. The molecule has 522 valence electrons. The molecule has 0 bridgehead atoms. The Balaban J connectivity index is 0.000000136. The number of nitrogens with two attached hydrogens (primary N) is 3. The van der Waals surface area contributed by atoms with Crippen molar-refractivity contribution in [3.8, 4) is 33.4 Å². The maximum absolute atomic E-state index is 12.7. The Morgan fingerprint density at radius 1 is 0.396 bits per heavy atom. The summed E-state index contributed by atoms with van der Waals surface area (Å²) in [6, 6.07) is 53.4. The van der Waals surface area contributed by atoms with Crippen molar-refractivity contribution >= 4 is 97.7 Å². The topological polar surface area (TPSA) is 315 Å². The van der Waals surface area contributed by atoms with Crippen molar-refractivity contribution < 1.29 is 25.3 Å². The van der Waals surface area contributed by atoms with Gasteiger partial charge in [-0.1, -0.05) is 97.9 Å². The van der Waals surface area contributed by atoms with Crippen molar-refractivity contribution in [1.29, 1.82) is 0 Å². The number of hydrogen-bond acceptors (Lipinski definition) is 17.